The summed E-state index contributed by atoms with van der Waals surface area (Å²) in [5, 5.41) is 7.79. The summed E-state index contributed by atoms with van der Waals surface area (Å²) in [7, 11) is 2.18. The molecule has 0 bridgehead atoms. The van der Waals surface area contributed by atoms with Crippen molar-refractivity contribution in [3.8, 4) is 22.3 Å². The predicted octanol–water partition coefficient (Wildman–Crippen LogP) is 7.29. The largest absolute Gasteiger partial charge is 0.359 e. The molecule has 3 aliphatic rings. The number of hydrogen-bond acceptors (Lipinski definition) is 5. The zero-order valence-electron chi connectivity index (χ0n) is 25.5. The molecule has 0 amide bonds. The normalized spacial score (nSPS) is 21.1. The highest BCUT2D eigenvalue weighted by atomic mass is 15.4. The maximum Gasteiger partial charge on any atom is 0.120 e. The van der Waals surface area contributed by atoms with Crippen molar-refractivity contribution in [3.63, 3.8) is 0 Å². The first-order valence-corrected chi connectivity index (χ1v) is 15.4. The first kappa shape index (κ1) is 26.0. The Morgan fingerprint density at radius 1 is 0.600 bits per heavy atom. The van der Waals surface area contributed by atoms with Gasteiger partial charge >= 0.3 is 0 Å². The Bertz CT molecular complexity index is 2050. The van der Waals surface area contributed by atoms with Crippen LogP contribution >= 0.6 is 0 Å². The molecule has 1 aliphatic heterocycles. The van der Waals surface area contributed by atoms with Crippen LogP contribution in [-0.2, 0) is 11.0 Å². The van der Waals surface area contributed by atoms with Crippen LogP contribution in [-0.4, -0.2) is 43.7 Å². The highest BCUT2D eigenvalue weighted by Gasteiger charge is 2.52. The molecule has 0 saturated heterocycles. The second-order valence-corrected chi connectivity index (χ2v) is 12.4. The van der Waals surface area contributed by atoms with Crippen molar-refractivity contribution in [2.75, 3.05) is 13.7 Å². The molecular formula is C39H32N6. The third-order valence-electron chi connectivity index (χ3n) is 10.6. The summed E-state index contributed by atoms with van der Waals surface area (Å²) in [5.74, 6) is 0. The zero-order valence-corrected chi connectivity index (χ0v) is 25.5. The number of aromatic nitrogens is 4. The van der Waals surface area contributed by atoms with Crippen LogP contribution in [0, 0.1) is 0 Å². The van der Waals surface area contributed by atoms with E-state index in [4.69, 9.17) is 4.98 Å². The number of H-pyrrole nitrogens is 1. The van der Waals surface area contributed by atoms with E-state index in [2.05, 4.69) is 143 Å². The fourth-order valence-electron chi connectivity index (χ4n) is 8.41. The minimum Gasteiger partial charge on any atom is -0.359 e. The van der Waals surface area contributed by atoms with E-state index in [1.165, 1.54) is 61.5 Å². The Morgan fingerprint density at radius 3 is 1.87 bits per heavy atom. The van der Waals surface area contributed by atoms with Crippen molar-refractivity contribution in [1.82, 2.24) is 30.0 Å². The van der Waals surface area contributed by atoms with Gasteiger partial charge in [0.2, 0.25) is 0 Å². The number of nitrogens with one attached hydrogen (secondary N) is 1. The summed E-state index contributed by atoms with van der Waals surface area (Å²) in [6.07, 6.45) is 9.75. The van der Waals surface area contributed by atoms with Crippen LogP contribution in [0.15, 0.2) is 133 Å². The van der Waals surface area contributed by atoms with Crippen LogP contribution in [0.2, 0.25) is 0 Å². The van der Waals surface area contributed by atoms with Gasteiger partial charge in [-0.25, -0.2) is 0 Å². The standard InChI is InChI=1S/C39H32N6/c1-25-26(2)45(24-44(25)3)39(34-11-7-5-9-30(34)32-17-20-41-23-36(32)39)28-14-12-27(13-15-28)38(37-18-21-42-43-37)33-10-6-4-8-29(33)31-16-19-40-22-35(31)38/h4-23H,24H2,1-3H3,(H,42,43). The third-order valence-corrected chi connectivity index (χ3v) is 10.6. The summed E-state index contributed by atoms with van der Waals surface area (Å²) >= 11 is 0. The van der Waals surface area contributed by atoms with E-state index in [0.29, 0.717) is 0 Å². The second kappa shape index (κ2) is 9.26. The van der Waals surface area contributed by atoms with Crippen LogP contribution in [0.5, 0.6) is 0 Å². The SMILES string of the molecule is CC1=C(C)N(C2(c3ccc(C4(c5ccn[nH]5)c5ccccc5-c5ccncc54)cc3)c3ccccc3-c3ccncc32)CN1C. The molecule has 0 spiro atoms. The van der Waals surface area contributed by atoms with E-state index in [1.54, 1.807) is 0 Å². The van der Waals surface area contributed by atoms with Crippen molar-refractivity contribution in [1.29, 1.82) is 0 Å². The maximum absolute atomic E-state index is 4.70. The lowest BCUT2D eigenvalue weighted by atomic mass is 9.69. The number of benzene rings is 3. The molecule has 3 aromatic carbocycles. The first-order chi connectivity index (χ1) is 22.1. The highest BCUT2D eigenvalue weighted by Crippen LogP contribution is 2.58. The van der Waals surface area contributed by atoms with E-state index in [1.807, 2.05) is 24.8 Å². The molecule has 0 fully saturated rings. The Morgan fingerprint density at radius 2 is 1.20 bits per heavy atom. The Kier molecular flexibility index (Phi) is 5.34. The lowest BCUT2D eigenvalue weighted by Gasteiger charge is -2.43. The third kappa shape index (κ3) is 3.16. The maximum atomic E-state index is 4.70. The summed E-state index contributed by atoms with van der Waals surface area (Å²) in [5.41, 5.74) is 14.7. The molecule has 6 nitrogen and oxygen atoms in total. The lowest BCUT2D eigenvalue weighted by molar-refractivity contribution is 0.181. The summed E-state index contributed by atoms with van der Waals surface area (Å²) in [4.78, 5) is 14.2. The topological polar surface area (TPSA) is 60.9 Å². The second-order valence-electron chi connectivity index (χ2n) is 12.4. The molecule has 1 N–H and O–H groups in total. The van der Waals surface area contributed by atoms with Gasteiger partial charge in [-0.1, -0.05) is 72.8 Å². The molecule has 2 aliphatic carbocycles. The van der Waals surface area contributed by atoms with Crippen molar-refractivity contribution >= 4 is 0 Å². The Balaban J connectivity index is 1.32. The molecule has 0 radical (unpaired) electrons. The molecule has 218 valence electrons. The van der Waals surface area contributed by atoms with Gasteiger partial charge in [-0.3, -0.25) is 15.1 Å². The molecule has 0 saturated carbocycles. The molecule has 4 heterocycles. The molecule has 6 aromatic rings. The molecule has 2 unspecified atom stereocenters. The molecule has 3 aromatic heterocycles. The average Bonchev–Trinajstić information content (AvgIpc) is 3.85. The summed E-state index contributed by atoms with van der Waals surface area (Å²) < 4.78 is 0. The monoisotopic (exact) mass is 584 g/mol. The van der Waals surface area contributed by atoms with Crippen LogP contribution in [0.3, 0.4) is 0 Å². The van der Waals surface area contributed by atoms with Gasteiger partial charge in [0.15, 0.2) is 0 Å². The molecule has 9 rings (SSSR count). The summed E-state index contributed by atoms with van der Waals surface area (Å²) in [6.45, 7) is 5.25. The number of pyridine rings is 2. The average molecular weight is 585 g/mol. The predicted molar refractivity (Wildman–Crippen MR) is 176 cm³/mol. The lowest BCUT2D eigenvalue weighted by Crippen LogP contribution is -2.46. The fraction of sp³-hybridized carbons (Fsp3) is 0.154. The number of hydrogen-bond donors (Lipinski definition) is 1. The van der Waals surface area contributed by atoms with Gasteiger partial charge in [0.05, 0.1) is 17.8 Å². The highest BCUT2D eigenvalue weighted by molar-refractivity contribution is 5.86. The number of nitrogens with zero attached hydrogens (tertiary/aromatic N) is 5. The van der Waals surface area contributed by atoms with E-state index in [0.717, 1.165) is 17.9 Å². The number of rotatable bonds is 4. The van der Waals surface area contributed by atoms with Crippen molar-refractivity contribution in [2.24, 2.45) is 0 Å². The zero-order chi connectivity index (χ0) is 30.3. The van der Waals surface area contributed by atoms with Crippen molar-refractivity contribution in [2.45, 2.75) is 24.8 Å². The van der Waals surface area contributed by atoms with Gasteiger partial charge in [0, 0.05) is 55.0 Å². The van der Waals surface area contributed by atoms with Crippen LogP contribution < -0.4 is 0 Å². The number of aromatic amines is 1. The van der Waals surface area contributed by atoms with Crippen molar-refractivity contribution < 1.29 is 0 Å². The van der Waals surface area contributed by atoms with Crippen LogP contribution in [0.1, 0.15) is 52.9 Å². The van der Waals surface area contributed by atoms with E-state index < -0.39 is 11.0 Å². The fourth-order valence-corrected chi connectivity index (χ4v) is 8.41. The summed E-state index contributed by atoms with van der Waals surface area (Å²) in [6, 6.07) is 33.3. The molecule has 6 heteroatoms. The van der Waals surface area contributed by atoms with Gasteiger partial charge in [0.25, 0.3) is 0 Å². The number of allylic oxidation sites excluding steroid dienone is 2. The van der Waals surface area contributed by atoms with Gasteiger partial charge in [-0.05, 0) is 82.1 Å². The van der Waals surface area contributed by atoms with Gasteiger partial charge < -0.3 is 9.80 Å². The Hall–Kier alpha value is -5.49. The van der Waals surface area contributed by atoms with Gasteiger partial charge in [0.1, 0.15) is 5.54 Å². The minimum atomic E-state index is -0.574. The van der Waals surface area contributed by atoms with Crippen LogP contribution in [0.4, 0.5) is 0 Å². The van der Waals surface area contributed by atoms with Gasteiger partial charge in [-0.15, -0.1) is 0 Å². The van der Waals surface area contributed by atoms with E-state index in [9.17, 15) is 0 Å². The van der Waals surface area contributed by atoms with Gasteiger partial charge in [-0.2, -0.15) is 5.10 Å². The van der Waals surface area contributed by atoms with E-state index in [-0.39, 0.29) is 0 Å². The minimum absolute atomic E-state index is 0.539. The molecule has 45 heavy (non-hydrogen) atoms. The molecular weight excluding hydrogens is 552 g/mol. The smallest absolute Gasteiger partial charge is 0.120 e. The van der Waals surface area contributed by atoms with Crippen molar-refractivity contribution in [3.05, 3.63) is 172 Å². The van der Waals surface area contributed by atoms with Crippen LogP contribution in [0.25, 0.3) is 22.3 Å². The van der Waals surface area contributed by atoms with E-state index >= 15 is 0 Å². The quantitative estimate of drug-likeness (QED) is 0.235. The Labute approximate surface area is 262 Å². The first-order valence-electron chi connectivity index (χ1n) is 15.4. The number of fused-ring (bicyclic) bond motifs is 6. The molecule has 2 atom stereocenters.